The first-order valence-corrected chi connectivity index (χ1v) is 7.65. The molecule has 20 heavy (non-hydrogen) atoms. The van der Waals surface area contributed by atoms with Gasteiger partial charge in [-0.1, -0.05) is 6.07 Å². The molecule has 106 valence electrons. The Morgan fingerprint density at radius 2 is 1.80 bits per heavy atom. The molecule has 0 aliphatic heterocycles. The molecule has 0 saturated carbocycles. The quantitative estimate of drug-likeness (QED) is 0.804. The molecule has 2 N–H and O–H groups in total. The van der Waals surface area contributed by atoms with Crippen LogP contribution in [-0.2, 0) is 13.2 Å². The Kier molecular flexibility index (Phi) is 5.18. The Hall–Kier alpha value is -0.910. The first-order chi connectivity index (χ1) is 9.51. The van der Waals surface area contributed by atoms with Crippen molar-refractivity contribution in [2.75, 3.05) is 0 Å². The number of rotatable bonds is 4. The van der Waals surface area contributed by atoms with E-state index in [1.54, 1.807) is 6.07 Å². The second-order valence-electron chi connectivity index (χ2n) is 4.45. The molecule has 0 aliphatic rings. The molecular weight excluding hydrogens is 389 g/mol. The lowest BCUT2D eigenvalue weighted by Crippen LogP contribution is -2.01. The lowest BCUT2D eigenvalue weighted by atomic mass is 10.1. The van der Waals surface area contributed by atoms with E-state index in [1.807, 2.05) is 19.1 Å². The molecule has 2 nitrogen and oxygen atoms in total. The van der Waals surface area contributed by atoms with E-state index in [0.717, 1.165) is 25.6 Å². The Morgan fingerprint density at radius 1 is 1.15 bits per heavy atom. The average Bonchev–Trinajstić information content (AvgIpc) is 2.41. The number of hydrogen-bond acceptors (Lipinski definition) is 2. The lowest BCUT2D eigenvalue weighted by Gasteiger charge is -2.13. The van der Waals surface area contributed by atoms with Crippen LogP contribution in [0.1, 0.15) is 16.7 Å². The molecule has 0 unspecified atom stereocenters. The highest BCUT2D eigenvalue weighted by Gasteiger charge is 2.10. The topological polar surface area (TPSA) is 35.2 Å². The van der Waals surface area contributed by atoms with Gasteiger partial charge in [0.05, 0.1) is 8.95 Å². The maximum atomic E-state index is 13.2. The molecule has 0 atom stereocenters. The second-order valence-corrected chi connectivity index (χ2v) is 6.16. The van der Waals surface area contributed by atoms with Gasteiger partial charge in [0.1, 0.15) is 18.2 Å². The minimum Gasteiger partial charge on any atom is -0.487 e. The van der Waals surface area contributed by atoms with Gasteiger partial charge >= 0.3 is 0 Å². The van der Waals surface area contributed by atoms with Gasteiger partial charge in [0.2, 0.25) is 0 Å². The van der Waals surface area contributed by atoms with Gasteiger partial charge in [-0.3, -0.25) is 0 Å². The molecule has 5 heteroatoms. The van der Waals surface area contributed by atoms with E-state index < -0.39 is 0 Å². The van der Waals surface area contributed by atoms with E-state index >= 15 is 0 Å². The van der Waals surface area contributed by atoms with Crippen LogP contribution in [0, 0.1) is 12.7 Å². The van der Waals surface area contributed by atoms with E-state index in [2.05, 4.69) is 31.9 Å². The highest BCUT2D eigenvalue weighted by Crippen LogP contribution is 2.35. The monoisotopic (exact) mass is 401 g/mol. The Balaban J connectivity index is 2.21. The van der Waals surface area contributed by atoms with E-state index in [9.17, 15) is 4.39 Å². The third-order valence-electron chi connectivity index (χ3n) is 2.98. The average molecular weight is 403 g/mol. The fraction of sp³-hybridized carbons (Fsp3) is 0.200. The fourth-order valence-corrected chi connectivity index (χ4v) is 3.32. The Labute approximate surface area is 134 Å². The summed E-state index contributed by atoms with van der Waals surface area (Å²) in [6.45, 7) is 2.70. The first kappa shape index (κ1) is 15.5. The summed E-state index contributed by atoms with van der Waals surface area (Å²) in [7, 11) is 0. The zero-order chi connectivity index (χ0) is 14.7. The van der Waals surface area contributed by atoms with E-state index in [1.165, 1.54) is 12.1 Å². The van der Waals surface area contributed by atoms with Crippen molar-refractivity contribution >= 4 is 31.9 Å². The first-order valence-electron chi connectivity index (χ1n) is 6.07. The van der Waals surface area contributed by atoms with Gasteiger partial charge in [-0.05, 0) is 79.7 Å². The molecule has 0 spiro atoms. The van der Waals surface area contributed by atoms with Crippen molar-refractivity contribution in [3.63, 3.8) is 0 Å². The summed E-state index contributed by atoms with van der Waals surface area (Å²) in [4.78, 5) is 0. The van der Waals surface area contributed by atoms with E-state index in [4.69, 9.17) is 10.5 Å². The fourth-order valence-electron chi connectivity index (χ4n) is 1.81. The molecule has 0 heterocycles. The number of nitrogens with two attached hydrogens (primary N) is 1. The van der Waals surface area contributed by atoms with Crippen LogP contribution in [0.15, 0.2) is 39.3 Å². The predicted octanol–water partition coefficient (Wildman–Crippen LogP) is 4.70. The van der Waals surface area contributed by atoms with Crippen molar-refractivity contribution < 1.29 is 9.13 Å². The SMILES string of the molecule is Cc1ccc(F)cc1COc1c(Br)cc(CN)cc1Br. The van der Waals surface area contributed by atoms with Gasteiger partial charge in [-0.2, -0.15) is 0 Å². The highest BCUT2D eigenvalue weighted by molar-refractivity contribution is 9.11. The van der Waals surface area contributed by atoms with Gasteiger partial charge in [0, 0.05) is 6.54 Å². The summed E-state index contributed by atoms with van der Waals surface area (Å²) in [5, 5.41) is 0. The van der Waals surface area contributed by atoms with Crippen molar-refractivity contribution in [3.8, 4) is 5.75 Å². The van der Waals surface area contributed by atoms with Crippen LogP contribution >= 0.6 is 31.9 Å². The number of ether oxygens (including phenoxy) is 1. The van der Waals surface area contributed by atoms with Crippen molar-refractivity contribution in [2.45, 2.75) is 20.1 Å². The smallest absolute Gasteiger partial charge is 0.148 e. The predicted molar refractivity (Wildman–Crippen MR) is 85.2 cm³/mol. The lowest BCUT2D eigenvalue weighted by molar-refractivity contribution is 0.300. The van der Waals surface area contributed by atoms with Gasteiger partial charge in [-0.15, -0.1) is 0 Å². The summed E-state index contributed by atoms with van der Waals surface area (Å²) in [5.41, 5.74) is 8.44. The summed E-state index contributed by atoms with van der Waals surface area (Å²) < 4.78 is 20.7. The van der Waals surface area contributed by atoms with Crippen molar-refractivity contribution in [1.82, 2.24) is 0 Å². The van der Waals surface area contributed by atoms with Gasteiger partial charge in [-0.25, -0.2) is 4.39 Å². The van der Waals surface area contributed by atoms with Gasteiger partial charge in [0.25, 0.3) is 0 Å². The normalized spacial score (nSPS) is 10.7. The molecular formula is C15H14Br2FNO. The molecule has 0 fully saturated rings. The number of aryl methyl sites for hydroxylation is 1. The maximum Gasteiger partial charge on any atom is 0.148 e. The Morgan fingerprint density at radius 3 is 2.40 bits per heavy atom. The van der Waals surface area contributed by atoms with Crippen LogP contribution < -0.4 is 10.5 Å². The van der Waals surface area contributed by atoms with Gasteiger partial charge < -0.3 is 10.5 Å². The van der Waals surface area contributed by atoms with Crippen molar-refractivity contribution in [2.24, 2.45) is 5.73 Å². The van der Waals surface area contributed by atoms with E-state index in [-0.39, 0.29) is 5.82 Å². The number of hydrogen-bond donors (Lipinski definition) is 1. The molecule has 0 amide bonds. The third kappa shape index (κ3) is 3.59. The number of benzene rings is 2. The molecule has 0 bridgehead atoms. The Bertz CT molecular complexity index is 608. The van der Waals surface area contributed by atoms with Crippen LogP contribution in [-0.4, -0.2) is 0 Å². The summed E-state index contributed by atoms with van der Waals surface area (Å²) in [6, 6.07) is 8.51. The maximum absolute atomic E-state index is 13.2. The minimum atomic E-state index is -0.259. The molecule has 2 rings (SSSR count). The van der Waals surface area contributed by atoms with Crippen molar-refractivity contribution in [1.29, 1.82) is 0 Å². The minimum absolute atomic E-state index is 0.259. The van der Waals surface area contributed by atoms with Crippen LogP contribution in [0.4, 0.5) is 4.39 Å². The third-order valence-corrected chi connectivity index (χ3v) is 4.16. The molecule has 0 aliphatic carbocycles. The zero-order valence-corrected chi connectivity index (χ0v) is 14.1. The molecule has 0 saturated heterocycles. The molecule has 0 aromatic heterocycles. The van der Waals surface area contributed by atoms with E-state index in [0.29, 0.717) is 18.9 Å². The van der Waals surface area contributed by atoms with Crippen LogP contribution in [0.25, 0.3) is 0 Å². The second kappa shape index (κ2) is 6.70. The molecule has 2 aromatic carbocycles. The highest BCUT2D eigenvalue weighted by atomic mass is 79.9. The summed E-state index contributed by atoms with van der Waals surface area (Å²) in [5.74, 6) is 0.427. The largest absolute Gasteiger partial charge is 0.487 e. The van der Waals surface area contributed by atoms with Gasteiger partial charge in [0.15, 0.2) is 0 Å². The zero-order valence-electron chi connectivity index (χ0n) is 10.9. The van der Waals surface area contributed by atoms with Crippen molar-refractivity contribution in [3.05, 3.63) is 61.8 Å². The standard InChI is InChI=1S/C15H14Br2FNO/c1-9-2-3-12(18)6-11(9)8-20-15-13(16)4-10(7-19)5-14(15)17/h2-6H,7-8,19H2,1H3. The summed E-state index contributed by atoms with van der Waals surface area (Å²) in [6.07, 6.45) is 0. The molecule has 2 aromatic rings. The number of halogens is 3. The van der Waals surface area contributed by atoms with Crippen LogP contribution in [0.5, 0.6) is 5.75 Å². The summed E-state index contributed by atoms with van der Waals surface area (Å²) >= 11 is 6.92. The molecule has 0 radical (unpaired) electrons. The van der Waals surface area contributed by atoms with Crippen LogP contribution in [0.3, 0.4) is 0 Å². The van der Waals surface area contributed by atoms with Crippen LogP contribution in [0.2, 0.25) is 0 Å².